The van der Waals surface area contributed by atoms with Crippen LogP contribution in [0.25, 0.3) is 0 Å². The summed E-state index contributed by atoms with van der Waals surface area (Å²) < 4.78 is 23.6. The van der Waals surface area contributed by atoms with E-state index in [1.807, 2.05) is 0 Å². The first-order valence-electron chi connectivity index (χ1n) is 4.07. The predicted molar refractivity (Wildman–Crippen MR) is 64.9 cm³/mol. The molecule has 0 radical (unpaired) electrons. The minimum absolute atomic E-state index is 0.107. The molecule has 0 aliphatic rings. The summed E-state index contributed by atoms with van der Waals surface area (Å²) in [4.78, 5) is 1.55. The normalized spacial score (nSPS) is 11.1. The molecule has 0 saturated carbocycles. The molecule has 0 aromatic heterocycles. The highest BCUT2D eigenvalue weighted by Gasteiger charge is 2.21. The van der Waals surface area contributed by atoms with Crippen molar-refractivity contribution in [2.75, 3.05) is 14.1 Å². The standard InChI is InChI=1S/C9H10ClNO2S2/c1-11(2)9(14)15(12,13)8-5-3-7(10)4-6-8/h3-6H,1-2H3. The van der Waals surface area contributed by atoms with E-state index in [0.29, 0.717) is 5.02 Å². The fourth-order valence-corrected chi connectivity index (χ4v) is 2.55. The Kier molecular flexibility index (Phi) is 3.70. The summed E-state index contributed by atoms with van der Waals surface area (Å²) in [6.45, 7) is 0. The molecule has 6 heteroatoms. The first-order valence-corrected chi connectivity index (χ1v) is 6.34. The lowest BCUT2D eigenvalue weighted by molar-refractivity contribution is 0.591. The van der Waals surface area contributed by atoms with Gasteiger partial charge in [-0.15, -0.1) is 0 Å². The van der Waals surface area contributed by atoms with Crippen molar-refractivity contribution in [3.05, 3.63) is 29.3 Å². The Hall–Kier alpha value is -0.650. The highest BCUT2D eigenvalue weighted by Crippen LogP contribution is 2.17. The van der Waals surface area contributed by atoms with Crippen LogP contribution in [0.4, 0.5) is 0 Å². The molecule has 1 rings (SSSR count). The molecule has 0 N–H and O–H groups in total. The van der Waals surface area contributed by atoms with Crippen LogP contribution in [0.5, 0.6) is 0 Å². The van der Waals surface area contributed by atoms with Gasteiger partial charge in [0.2, 0.25) is 9.84 Å². The quantitative estimate of drug-likeness (QED) is 0.726. The zero-order valence-electron chi connectivity index (χ0n) is 8.27. The minimum atomic E-state index is -3.56. The van der Waals surface area contributed by atoms with Crippen molar-refractivity contribution in [1.29, 1.82) is 0 Å². The third-order valence-corrected chi connectivity index (χ3v) is 4.71. The number of hydrogen-bond donors (Lipinski definition) is 0. The number of benzene rings is 1. The van der Waals surface area contributed by atoms with Crippen molar-refractivity contribution in [2.45, 2.75) is 4.90 Å². The van der Waals surface area contributed by atoms with E-state index in [2.05, 4.69) is 0 Å². The first kappa shape index (κ1) is 12.4. The minimum Gasteiger partial charge on any atom is -0.359 e. The summed E-state index contributed by atoms with van der Waals surface area (Å²) in [7, 11) is -0.370. The lowest BCUT2D eigenvalue weighted by Gasteiger charge is -2.13. The van der Waals surface area contributed by atoms with Crippen LogP contribution in [0.3, 0.4) is 0 Å². The van der Waals surface area contributed by atoms with Crippen LogP contribution in [0, 0.1) is 0 Å². The van der Waals surface area contributed by atoms with Crippen molar-refractivity contribution in [2.24, 2.45) is 0 Å². The molecule has 0 aliphatic carbocycles. The number of halogens is 1. The van der Waals surface area contributed by atoms with Crippen LogP contribution < -0.4 is 0 Å². The third kappa shape index (κ3) is 2.68. The van der Waals surface area contributed by atoms with Crippen molar-refractivity contribution < 1.29 is 8.42 Å². The van der Waals surface area contributed by atoms with Crippen molar-refractivity contribution in [3.63, 3.8) is 0 Å². The molecule has 0 aliphatic heterocycles. The topological polar surface area (TPSA) is 37.4 Å². The molecule has 0 atom stereocenters. The molecular weight excluding hydrogens is 254 g/mol. The van der Waals surface area contributed by atoms with Gasteiger partial charge in [-0.3, -0.25) is 0 Å². The Bertz CT molecular complexity index is 465. The molecule has 3 nitrogen and oxygen atoms in total. The molecule has 82 valence electrons. The fraction of sp³-hybridized carbons (Fsp3) is 0.222. The molecule has 0 heterocycles. The van der Waals surface area contributed by atoms with Crippen LogP contribution in [-0.4, -0.2) is 31.7 Å². The van der Waals surface area contributed by atoms with Crippen LogP contribution >= 0.6 is 23.8 Å². The summed E-state index contributed by atoms with van der Waals surface area (Å²) >= 11 is 10.5. The molecule has 0 fully saturated rings. The first-order chi connectivity index (χ1) is 6.85. The SMILES string of the molecule is CN(C)C(=S)S(=O)(=O)c1ccc(Cl)cc1. The van der Waals surface area contributed by atoms with Gasteiger partial charge in [-0.1, -0.05) is 11.6 Å². The maximum atomic E-state index is 11.9. The van der Waals surface area contributed by atoms with Gasteiger partial charge in [0.1, 0.15) is 0 Å². The van der Waals surface area contributed by atoms with E-state index in [1.54, 1.807) is 14.1 Å². The van der Waals surface area contributed by atoms with Crippen molar-refractivity contribution in [1.82, 2.24) is 4.90 Å². The molecule has 0 unspecified atom stereocenters. The molecule has 0 spiro atoms. The molecule has 0 amide bonds. The summed E-state index contributed by atoms with van der Waals surface area (Å²) in [5.41, 5.74) is 0. The Morgan fingerprint density at radius 3 is 2.13 bits per heavy atom. The number of sulfone groups is 1. The second-order valence-electron chi connectivity index (χ2n) is 3.12. The van der Waals surface area contributed by atoms with E-state index < -0.39 is 9.84 Å². The van der Waals surface area contributed by atoms with Crippen molar-refractivity contribution >= 4 is 38.0 Å². The Morgan fingerprint density at radius 1 is 1.27 bits per heavy atom. The second kappa shape index (κ2) is 4.47. The van der Waals surface area contributed by atoms with Gasteiger partial charge in [0.15, 0.2) is 4.32 Å². The maximum absolute atomic E-state index is 11.9. The van der Waals surface area contributed by atoms with Crippen LogP contribution in [0.2, 0.25) is 5.02 Å². The highest BCUT2D eigenvalue weighted by atomic mass is 35.5. The number of nitrogens with zero attached hydrogens (tertiary/aromatic N) is 1. The zero-order chi connectivity index (χ0) is 11.6. The Balaban J connectivity index is 3.18. The number of rotatable bonds is 1. The van der Waals surface area contributed by atoms with Crippen LogP contribution in [0.1, 0.15) is 0 Å². The van der Waals surface area contributed by atoms with E-state index in [-0.39, 0.29) is 9.22 Å². The number of hydrogen-bond acceptors (Lipinski definition) is 3. The van der Waals surface area contributed by atoms with Gasteiger partial charge >= 0.3 is 0 Å². The van der Waals surface area contributed by atoms with E-state index in [9.17, 15) is 8.42 Å². The van der Waals surface area contributed by atoms with Gasteiger partial charge in [-0.2, -0.15) is 0 Å². The van der Waals surface area contributed by atoms with Gasteiger partial charge in [0, 0.05) is 19.1 Å². The molecule has 0 bridgehead atoms. The summed E-state index contributed by atoms with van der Waals surface area (Å²) in [6.07, 6.45) is 0. The molecular formula is C9H10ClNO2S2. The third-order valence-electron chi connectivity index (χ3n) is 1.72. The van der Waals surface area contributed by atoms with Gasteiger partial charge in [0.25, 0.3) is 0 Å². The van der Waals surface area contributed by atoms with Gasteiger partial charge < -0.3 is 4.90 Å². The monoisotopic (exact) mass is 263 g/mol. The predicted octanol–water partition coefficient (Wildman–Crippen LogP) is 1.96. The largest absolute Gasteiger partial charge is 0.359 e. The summed E-state index contributed by atoms with van der Waals surface area (Å²) in [5, 5.41) is 0.490. The smallest absolute Gasteiger partial charge is 0.232 e. The lowest BCUT2D eigenvalue weighted by atomic mass is 10.4. The fourth-order valence-electron chi connectivity index (χ4n) is 0.955. The lowest BCUT2D eigenvalue weighted by Crippen LogP contribution is -2.28. The average molecular weight is 264 g/mol. The highest BCUT2D eigenvalue weighted by molar-refractivity contribution is 8.17. The van der Waals surface area contributed by atoms with E-state index in [1.165, 1.54) is 29.2 Å². The second-order valence-corrected chi connectivity index (χ2v) is 6.06. The average Bonchev–Trinajstić information content (AvgIpc) is 2.17. The van der Waals surface area contributed by atoms with E-state index >= 15 is 0 Å². The van der Waals surface area contributed by atoms with E-state index in [0.717, 1.165) is 0 Å². The maximum Gasteiger partial charge on any atom is 0.232 e. The molecule has 1 aromatic carbocycles. The molecule has 1 aromatic rings. The summed E-state index contributed by atoms with van der Waals surface area (Å²) in [5.74, 6) is 0. The Morgan fingerprint density at radius 2 is 1.73 bits per heavy atom. The molecule has 0 saturated heterocycles. The zero-order valence-corrected chi connectivity index (χ0v) is 10.7. The summed E-state index contributed by atoms with van der Waals surface area (Å²) in [6, 6.07) is 5.92. The van der Waals surface area contributed by atoms with Crippen LogP contribution in [-0.2, 0) is 9.84 Å². The Labute approximate surface area is 99.6 Å². The van der Waals surface area contributed by atoms with Gasteiger partial charge in [-0.25, -0.2) is 8.42 Å². The van der Waals surface area contributed by atoms with Crippen molar-refractivity contribution in [3.8, 4) is 0 Å². The van der Waals surface area contributed by atoms with Gasteiger partial charge in [-0.05, 0) is 36.5 Å². The molecule has 15 heavy (non-hydrogen) atoms. The number of thiocarbonyl (C=S) groups is 1. The van der Waals surface area contributed by atoms with Crippen LogP contribution in [0.15, 0.2) is 29.2 Å². The van der Waals surface area contributed by atoms with E-state index in [4.69, 9.17) is 23.8 Å². The van der Waals surface area contributed by atoms with Gasteiger partial charge in [0.05, 0.1) is 4.90 Å².